The molecule has 0 aromatic heterocycles. The van der Waals surface area contributed by atoms with Gasteiger partial charge in [0.15, 0.2) is 5.96 Å². The number of carboxylic acids is 2. The molecule has 0 radical (unpaired) electrons. The second-order valence-corrected chi connectivity index (χ2v) is 15.6. The van der Waals surface area contributed by atoms with Crippen LogP contribution in [0.2, 0.25) is 0 Å². The summed E-state index contributed by atoms with van der Waals surface area (Å²) in [6, 6.07) is -12.3. The van der Waals surface area contributed by atoms with Gasteiger partial charge in [0.05, 0.1) is 18.8 Å². The first-order valence-electron chi connectivity index (χ1n) is 20.5. The molecule has 64 heavy (non-hydrogen) atoms. The van der Waals surface area contributed by atoms with E-state index in [1.807, 2.05) is 0 Å². The minimum absolute atomic E-state index is 0.00899. The summed E-state index contributed by atoms with van der Waals surface area (Å²) in [5, 5.41) is 62.6. The number of aliphatic hydroxyl groups excluding tert-OH is 3. The average molecular weight is 917 g/mol. The molecule has 1 aliphatic rings. The highest BCUT2D eigenvalue weighted by molar-refractivity contribution is 5.98. The Labute approximate surface area is 368 Å². The van der Waals surface area contributed by atoms with Gasteiger partial charge in [0.2, 0.25) is 47.3 Å². The molecule has 1 aliphatic heterocycles. The predicted molar refractivity (Wildman–Crippen MR) is 222 cm³/mol. The number of primary amides is 1. The molecule has 1 fully saturated rings. The van der Waals surface area contributed by atoms with E-state index >= 15 is 0 Å². The Morgan fingerprint density at radius 2 is 1.22 bits per heavy atom. The third-order valence-electron chi connectivity index (χ3n) is 9.92. The summed E-state index contributed by atoms with van der Waals surface area (Å²) < 4.78 is 0. The molecule has 0 aromatic carbocycles. The van der Waals surface area contributed by atoms with Crippen molar-refractivity contribution in [1.29, 1.82) is 0 Å². The van der Waals surface area contributed by atoms with E-state index in [1.54, 1.807) is 0 Å². The molecular formula is C37H64N12O15. The van der Waals surface area contributed by atoms with Gasteiger partial charge in [-0.15, -0.1) is 0 Å². The lowest BCUT2D eigenvalue weighted by molar-refractivity contribution is -0.145. The van der Waals surface area contributed by atoms with Gasteiger partial charge >= 0.3 is 11.9 Å². The van der Waals surface area contributed by atoms with Crippen LogP contribution in [0.5, 0.6) is 0 Å². The summed E-state index contributed by atoms with van der Waals surface area (Å²) in [6.45, 7) is 4.30. The number of carbonyl (C=O) groups excluding carboxylic acids is 8. The summed E-state index contributed by atoms with van der Waals surface area (Å²) in [5.74, 6) is -11.7. The monoisotopic (exact) mass is 916 g/mol. The van der Waals surface area contributed by atoms with Crippen LogP contribution in [0, 0.1) is 5.92 Å². The number of amides is 8. The predicted octanol–water partition coefficient (Wildman–Crippen LogP) is -7.11. The third-order valence-corrected chi connectivity index (χ3v) is 9.92. The van der Waals surface area contributed by atoms with Crippen LogP contribution in [0.3, 0.4) is 0 Å². The van der Waals surface area contributed by atoms with Crippen LogP contribution in [-0.2, 0) is 47.9 Å². The average Bonchev–Trinajstić information content (AvgIpc) is 3.71. The van der Waals surface area contributed by atoms with Crippen molar-refractivity contribution in [1.82, 2.24) is 36.8 Å². The molecule has 0 saturated carbocycles. The fourth-order valence-electron chi connectivity index (χ4n) is 6.26. The summed E-state index contributed by atoms with van der Waals surface area (Å²) in [4.78, 5) is 134. The van der Waals surface area contributed by atoms with Crippen molar-refractivity contribution < 1.29 is 73.5 Å². The molecule has 27 nitrogen and oxygen atoms in total. The summed E-state index contributed by atoms with van der Waals surface area (Å²) in [6.07, 6.45) is -4.43. The lowest BCUT2D eigenvalue weighted by Gasteiger charge is -2.31. The lowest BCUT2D eigenvalue weighted by atomic mass is 10.0. The van der Waals surface area contributed by atoms with Gasteiger partial charge in [0, 0.05) is 25.9 Å². The molecule has 10 atom stereocenters. The van der Waals surface area contributed by atoms with Crippen LogP contribution in [0.4, 0.5) is 0 Å². The Hall–Kier alpha value is -6.19. The van der Waals surface area contributed by atoms with Crippen molar-refractivity contribution >= 4 is 65.2 Å². The maximum atomic E-state index is 14.0. The summed E-state index contributed by atoms with van der Waals surface area (Å²) in [5.41, 5.74) is 21.4. The molecule has 362 valence electrons. The van der Waals surface area contributed by atoms with Crippen LogP contribution in [0.15, 0.2) is 4.99 Å². The van der Waals surface area contributed by atoms with E-state index in [0.717, 1.165) is 11.8 Å². The molecule has 27 heteroatoms. The zero-order chi connectivity index (χ0) is 49.0. The number of carboxylic acid groups (broad SMARTS) is 2. The van der Waals surface area contributed by atoms with Crippen LogP contribution in [0.25, 0.3) is 0 Å². The number of carbonyl (C=O) groups is 10. The van der Waals surface area contributed by atoms with Crippen molar-refractivity contribution in [2.24, 2.45) is 33.8 Å². The highest BCUT2D eigenvalue weighted by atomic mass is 16.4. The summed E-state index contributed by atoms with van der Waals surface area (Å²) >= 11 is 0. The standard InChI is InChI=1S/C37H64N12O15/c1-16(2)27(47-29(56)19(9-11-24(38)53)43-30(57)22(15-50)46-34(61)28(18(4)52)48-32(59)26(39)17(3)51)33(60)44-20(10-12-25(54)55)35(62)49-14-6-8-23(49)31(58)45-21(36(63)64)7-5-13-42-37(40)41/h16-23,26-28,50-52H,5-15,39H2,1-4H3,(H2,38,53)(H,43,57)(H,44,60)(H,45,58)(H,46,61)(H,47,56)(H,48,59)(H,54,55)(H,63,64)(H4,40,41,42). The van der Waals surface area contributed by atoms with Gasteiger partial charge in [-0.25, -0.2) is 4.79 Å². The second-order valence-electron chi connectivity index (χ2n) is 15.6. The van der Waals surface area contributed by atoms with Gasteiger partial charge in [-0.1, -0.05) is 13.8 Å². The molecule has 10 unspecified atom stereocenters. The fraction of sp³-hybridized carbons (Fsp3) is 0.703. The highest BCUT2D eigenvalue weighted by Crippen LogP contribution is 2.21. The zero-order valence-electron chi connectivity index (χ0n) is 36.2. The van der Waals surface area contributed by atoms with Gasteiger partial charge in [-0.05, 0) is 58.3 Å². The zero-order valence-corrected chi connectivity index (χ0v) is 36.2. The number of guanidine groups is 1. The van der Waals surface area contributed by atoms with Crippen molar-refractivity contribution in [2.75, 3.05) is 19.7 Å². The molecule has 19 N–H and O–H groups in total. The van der Waals surface area contributed by atoms with Crippen molar-refractivity contribution in [2.45, 2.75) is 140 Å². The van der Waals surface area contributed by atoms with E-state index in [-0.39, 0.29) is 38.3 Å². The van der Waals surface area contributed by atoms with E-state index < -0.39 is 158 Å². The molecule has 0 bridgehead atoms. The summed E-state index contributed by atoms with van der Waals surface area (Å²) in [7, 11) is 0. The lowest BCUT2D eigenvalue weighted by Crippen LogP contribution is -2.62. The Balaban J connectivity index is 3.29. The Bertz CT molecular complexity index is 1710. The Morgan fingerprint density at radius 3 is 1.73 bits per heavy atom. The second kappa shape index (κ2) is 27.1. The normalized spacial score (nSPS) is 17.7. The number of hydrogen-bond donors (Lipinski definition) is 15. The van der Waals surface area contributed by atoms with Crippen LogP contribution in [0.1, 0.15) is 79.1 Å². The van der Waals surface area contributed by atoms with Crippen molar-refractivity contribution in [3.8, 4) is 0 Å². The van der Waals surface area contributed by atoms with E-state index in [4.69, 9.17) is 22.9 Å². The largest absolute Gasteiger partial charge is 0.481 e. The van der Waals surface area contributed by atoms with Crippen LogP contribution < -0.4 is 54.8 Å². The van der Waals surface area contributed by atoms with E-state index in [1.165, 1.54) is 20.8 Å². The first-order chi connectivity index (χ1) is 29.8. The molecular weight excluding hydrogens is 852 g/mol. The fourth-order valence-corrected chi connectivity index (χ4v) is 6.26. The number of nitrogens with two attached hydrogens (primary N) is 4. The molecule has 0 aromatic rings. The number of aliphatic hydroxyl groups is 3. The maximum absolute atomic E-state index is 14.0. The molecule has 8 amide bonds. The number of likely N-dealkylation sites (tertiary alicyclic amines) is 1. The van der Waals surface area contributed by atoms with Crippen LogP contribution in [-0.4, -0.2) is 176 Å². The molecule has 0 aliphatic carbocycles. The van der Waals surface area contributed by atoms with E-state index in [0.29, 0.717) is 6.42 Å². The molecule has 0 spiro atoms. The van der Waals surface area contributed by atoms with Gasteiger partial charge in [-0.3, -0.25) is 48.1 Å². The smallest absolute Gasteiger partial charge is 0.326 e. The van der Waals surface area contributed by atoms with Gasteiger partial charge < -0.3 is 85.3 Å². The molecule has 1 saturated heterocycles. The van der Waals surface area contributed by atoms with Crippen molar-refractivity contribution in [3.05, 3.63) is 0 Å². The minimum Gasteiger partial charge on any atom is -0.481 e. The minimum atomic E-state index is -1.83. The number of nitrogens with one attached hydrogen (secondary N) is 6. The van der Waals surface area contributed by atoms with Crippen LogP contribution >= 0.6 is 0 Å². The van der Waals surface area contributed by atoms with Crippen molar-refractivity contribution in [3.63, 3.8) is 0 Å². The van der Waals surface area contributed by atoms with Gasteiger partial charge in [0.25, 0.3) is 0 Å². The number of hydrogen-bond acceptors (Lipinski definition) is 15. The Morgan fingerprint density at radius 1 is 0.672 bits per heavy atom. The Kier molecular flexibility index (Phi) is 23.6. The number of aliphatic imine (C=N–C) groups is 1. The first kappa shape index (κ1) is 55.8. The van der Waals surface area contributed by atoms with E-state index in [9.17, 15) is 73.5 Å². The third kappa shape index (κ3) is 18.7. The quantitative estimate of drug-likeness (QED) is 0.0197. The molecule has 1 heterocycles. The van der Waals surface area contributed by atoms with Gasteiger partial charge in [0.1, 0.15) is 48.3 Å². The van der Waals surface area contributed by atoms with Gasteiger partial charge in [-0.2, -0.15) is 0 Å². The number of aliphatic carboxylic acids is 2. The highest BCUT2D eigenvalue weighted by Gasteiger charge is 2.40. The van der Waals surface area contributed by atoms with E-state index in [2.05, 4.69) is 36.9 Å². The number of nitrogens with zero attached hydrogens (tertiary/aromatic N) is 2. The first-order valence-corrected chi connectivity index (χ1v) is 20.5. The maximum Gasteiger partial charge on any atom is 0.326 e. The number of rotatable bonds is 28. The SMILES string of the molecule is CC(C)C(NC(=O)C(CCC(N)=O)NC(=O)C(CO)NC(=O)C(NC(=O)C(N)C(C)O)C(C)O)C(=O)NC(CCC(=O)O)C(=O)N1CCCC1C(=O)NC(CCCN=C(N)N)C(=O)O. The molecule has 1 rings (SSSR count). The topological polar surface area (TPSA) is 464 Å².